The van der Waals surface area contributed by atoms with Crippen LogP contribution in [0.1, 0.15) is 11.1 Å². The molecule has 0 aliphatic rings. The molecule has 2 aromatic rings. The zero-order valence-corrected chi connectivity index (χ0v) is 10.5. The molecule has 0 aliphatic heterocycles. The van der Waals surface area contributed by atoms with Gasteiger partial charge in [0.05, 0.1) is 11.1 Å². The quantitative estimate of drug-likeness (QED) is 0.736. The second-order valence-corrected chi connectivity index (χ2v) is 4.19. The van der Waals surface area contributed by atoms with Gasteiger partial charge in [-0.2, -0.15) is 26.3 Å². The Morgan fingerprint density at radius 2 is 1.62 bits per heavy atom. The summed E-state index contributed by atoms with van der Waals surface area (Å²) < 4.78 is 82.6. The topological polar surface area (TPSA) is 14.2 Å². The molecule has 0 saturated carbocycles. The third kappa shape index (κ3) is 3.32. The van der Waals surface area contributed by atoms with E-state index in [0.29, 0.717) is 12.1 Å². The van der Waals surface area contributed by atoms with E-state index in [1.807, 2.05) is 0 Å². The molecule has 0 spiro atoms. The van der Waals surface area contributed by atoms with Crippen LogP contribution in [0, 0.1) is 6.07 Å². The van der Waals surface area contributed by atoms with Crippen LogP contribution in [-0.2, 0) is 19.4 Å². The van der Waals surface area contributed by atoms with Gasteiger partial charge in [0.15, 0.2) is 5.88 Å². The van der Waals surface area contributed by atoms with E-state index >= 15 is 0 Å². The lowest BCUT2D eigenvalue weighted by molar-refractivity contribution is -0.162. The average molecular weight is 308 g/mol. The summed E-state index contributed by atoms with van der Waals surface area (Å²) >= 11 is 0. The molecular formula is C13H8F6NO. The fourth-order valence-corrected chi connectivity index (χ4v) is 1.68. The fourth-order valence-electron chi connectivity index (χ4n) is 1.68. The number of aromatic nitrogens is 1. The molecule has 8 heteroatoms. The molecule has 1 radical (unpaired) electrons. The molecule has 2 rings (SSSR count). The smallest absolute Gasteiger partial charge is 0.417 e. The Kier molecular flexibility index (Phi) is 3.65. The Bertz CT molecular complexity index is 641. The molecule has 0 fully saturated rings. The molecule has 1 aromatic heterocycles. The van der Waals surface area contributed by atoms with E-state index in [2.05, 4.69) is 6.07 Å². The molecule has 1 heterocycles. The third-order valence-electron chi connectivity index (χ3n) is 2.65. The number of benzene rings is 1. The summed E-state index contributed by atoms with van der Waals surface area (Å²) in [5.41, 5.74) is -3.54. The van der Waals surface area contributed by atoms with E-state index in [-0.39, 0.29) is 11.6 Å². The summed E-state index contributed by atoms with van der Waals surface area (Å²) in [6.07, 6.45) is -8.77. The summed E-state index contributed by atoms with van der Waals surface area (Å²) in [5.74, 6) is -0.187. The van der Waals surface area contributed by atoms with Crippen LogP contribution in [0.5, 0.6) is 11.6 Å². The van der Waals surface area contributed by atoms with Gasteiger partial charge in [-0.15, -0.1) is 0 Å². The Morgan fingerprint density at radius 3 is 2.10 bits per heavy atom. The van der Waals surface area contributed by atoms with Crippen molar-refractivity contribution in [3.63, 3.8) is 0 Å². The number of halogens is 6. The number of alkyl halides is 6. The van der Waals surface area contributed by atoms with Gasteiger partial charge in [0, 0.05) is 25.4 Å². The van der Waals surface area contributed by atoms with Gasteiger partial charge in [-0.25, -0.2) is 0 Å². The van der Waals surface area contributed by atoms with Crippen LogP contribution in [-0.4, -0.2) is 4.57 Å². The molecule has 1 aromatic carbocycles. The van der Waals surface area contributed by atoms with Crippen LogP contribution in [0.2, 0.25) is 0 Å². The maximum Gasteiger partial charge on any atom is 0.417 e. The van der Waals surface area contributed by atoms with Crippen LogP contribution in [0.25, 0.3) is 0 Å². The number of hydrogen-bond donors (Lipinski definition) is 0. The monoisotopic (exact) mass is 308 g/mol. The average Bonchev–Trinajstić information content (AvgIpc) is 2.72. The van der Waals surface area contributed by atoms with Gasteiger partial charge >= 0.3 is 12.4 Å². The zero-order chi connectivity index (χ0) is 15.8. The van der Waals surface area contributed by atoms with Crippen molar-refractivity contribution in [2.45, 2.75) is 12.4 Å². The molecule has 0 saturated heterocycles. The normalized spacial score (nSPS) is 12.5. The summed E-state index contributed by atoms with van der Waals surface area (Å²) in [7, 11) is 1.56. The van der Waals surface area contributed by atoms with Crippen molar-refractivity contribution in [2.24, 2.45) is 7.05 Å². The third-order valence-corrected chi connectivity index (χ3v) is 2.65. The van der Waals surface area contributed by atoms with Gasteiger partial charge in [0.1, 0.15) is 5.75 Å². The Balaban J connectivity index is 2.45. The summed E-state index contributed by atoms with van der Waals surface area (Å²) in [6, 6.07) is 5.51. The SMILES string of the molecule is Cn1c[c]cc1Oc1ccc(C(F)(F)F)c(C(F)(F)F)c1. The first-order chi connectivity index (χ1) is 9.59. The van der Waals surface area contributed by atoms with E-state index in [1.165, 1.54) is 16.8 Å². The molecule has 21 heavy (non-hydrogen) atoms. The molecule has 0 atom stereocenters. The van der Waals surface area contributed by atoms with Gasteiger partial charge < -0.3 is 9.30 Å². The molecule has 2 nitrogen and oxygen atoms in total. The molecule has 0 N–H and O–H groups in total. The molecule has 0 aliphatic carbocycles. The van der Waals surface area contributed by atoms with Crippen molar-refractivity contribution in [1.82, 2.24) is 4.57 Å². The molecular weight excluding hydrogens is 300 g/mol. The first kappa shape index (κ1) is 15.3. The minimum absolute atomic E-state index is 0.155. The standard InChI is InChI=1S/C13H8F6NO/c1-20-6-2-3-11(20)21-8-4-5-9(12(14,15)16)10(7-8)13(17,18)19/h3-7H,1H3. The lowest BCUT2D eigenvalue weighted by Crippen LogP contribution is -2.16. The minimum Gasteiger partial charge on any atom is -0.441 e. The van der Waals surface area contributed by atoms with Gasteiger partial charge in [0.2, 0.25) is 0 Å². The van der Waals surface area contributed by atoms with Gasteiger partial charge in [-0.3, -0.25) is 0 Å². The highest BCUT2D eigenvalue weighted by atomic mass is 19.4. The van der Waals surface area contributed by atoms with Crippen LogP contribution in [0.3, 0.4) is 0 Å². The second-order valence-electron chi connectivity index (χ2n) is 4.19. The van der Waals surface area contributed by atoms with Crippen molar-refractivity contribution in [3.8, 4) is 11.6 Å². The zero-order valence-electron chi connectivity index (χ0n) is 10.5. The van der Waals surface area contributed by atoms with Gasteiger partial charge in [0.25, 0.3) is 0 Å². The molecule has 0 amide bonds. The van der Waals surface area contributed by atoms with E-state index in [1.54, 1.807) is 7.05 Å². The largest absolute Gasteiger partial charge is 0.441 e. The van der Waals surface area contributed by atoms with Crippen molar-refractivity contribution in [3.05, 3.63) is 47.7 Å². The number of ether oxygens (including phenoxy) is 1. The lowest BCUT2D eigenvalue weighted by atomic mass is 10.1. The highest BCUT2D eigenvalue weighted by Gasteiger charge is 2.43. The Hall–Kier alpha value is -2.12. The molecule has 0 bridgehead atoms. The van der Waals surface area contributed by atoms with Crippen LogP contribution < -0.4 is 4.74 Å². The van der Waals surface area contributed by atoms with Crippen LogP contribution in [0.15, 0.2) is 30.5 Å². The minimum atomic E-state index is -5.13. The van der Waals surface area contributed by atoms with Crippen molar-refractivity contribution < 1.29 is 31.1 Å². The van der Waals surface area contributed by atoms with Crippen molar-refractivity contribution >= 4 is 0 Å². The lowest BCUT2D eigenvalue weighted by Gasteiger charge is -2.16. The molecule has 0 unspecified atom stereocenters. The maximum atomic E-state index is 12.7. The summed E-state index contributed by atoms with van der Waals surface area (Å²) in [4.78, 5) is 0. The second kappa shape index (κ2) is 5.01. The summed E-state index contributed by atoms with van der Waals surface area (Å²) in [5, 5.41) is 0. The predicted molar refractivity (Wildman–Crippen MR) is 60.8 cm³/mol. The van der Waals surface area contributed by atoms with E-state index in [4.69, 9.17) is 4.74 Å². The van der Waals surface area contributed by atoms with Crippen LogP contribution >= 0.6 is 0 Å². The number of rotatable bonds is 2. The van der Waals surface area contributed by atoms with Gasteiger partial charge in [-0.05, 0) is 18.2 Å². The predicted octanol–water partition coefficient (Wildman–Crippen LogP) is 4.66. The van der Waals surface area contributed by atoms with Crippen LogP contribution in [0.4, 0.5) is 26.3 Å². The van der Waals surface area contributed by atoms with Crippen molar-refractivity contribution in [2.75, 3.05) is 0 Å². The van der Waals surface area contributed by atoms with E-state index < -0.39 is 23.5 Å². The first-order valence-corrected chi connectivity index (χ1v) is 5.58. The highest BCUT2D eigenvalue weighted by Crippen LogP contribution is 2.42. The number of hydrogen-bond acceptors (Lipinski definition) is 1. The maximum absolute atomic E-state index is 12.7. The highest BCUT2D eigenvalue weighted by molar-refractivity contribution is 5.40. The van der Waals surface area contributed by atoms with E-state index in [9.17, 15) is 26.3 Å². The fraction of sp³-hybridized carbons (Fsp3) is 0.231. The number of nitrogens with zero attached hydrogens (tertiary/aromatic N) is 1. The van der Waals surface area contributed by atoms with E-state index in [0.717, 1.165) is 6.07 Å². The first-order valence-electron chi connectivity index (χ1n) is 5.58. The number of aryl methyl sites for hydroxylation is 1. The van der Waals surface area contributed by atoms with Gasteiger partial charge in [-0.1, -0.05) is 0 Å². The summed E-state index contributed by atoms with van der Waals surface area (Å²) in [6.45, 7) is 0. The Morgan fingerprint density at radius 1 is 1.00 bits per heavy atom. The molecule has 113 valence electrons. The van der Waals surface area contributed by atoms with Crippen molar-refractivity contribution in [1.29, 1.82) is 0 Å². The Labute approximate surface area is 115 Å².